The minimum absolute atomic E-state index is 0.0388. The highest BCUT2D eigenvalue weighted by molar-refractivity contribution is 7.15. The van der Waals surface area contributed by atoms with Gasteiger partial charge in [0.05, 0.1) is 0 Å². The fraction of sp³-hybridized carbons (Fsp3) is 0.526. The van der Waals surface area contributed by atoms with E-state index >= 15 is 0 Å². The van der Waals surface area contributed by atoms with Crippen molar-refractivity contribution in [3.63, 3.8) is 0 Å². The van der Waals surface area contributed by atoms with Gasteiger partial charge in [0.2, 0.25) is 11.0 Å². The molecule has 9 nitrogen and oxygen atoms in total. The SMILES string of the molecule is CC(C)(C)c1nnc(NC(=O)NCCC(=O)N2CCN(c3ccccn3)CC2)s1. The lowest BCUT2D eigenvalue weighted by molar-refractivity contribution is -0.131. The molecule has 2 N–H and O–H groups in total. The summed E-state index contributed by atoms with van der Waals surface area (Å²) >= 11 is 1.35. The van der Waals surface area contributed by atoms with Crippen molar-refractivity contribution in [2.24, 2.45) is 0 Å². The Balaban J connectivity index is 1.37. The van der Waals surface area contributed by atoms with Gasteiger partial charge in [-0.1, -0.05) is 38.2 Å². The number of nitrogens with zero attached hydrogens (tertiary/aromatic N) is 5. The maximum atomic E-state index is 12.4. The number of carbonyl (C=O) groups is 2. The van der Waals surface area contributed by atoms with Gasteiger partial charge < -0.3 is 15.1 Å². The van der Waals surface area contributed by atoms with E-state index in [0.29, 0.717) is 18.2 Å². The Labute approximate surface area is 174 Å². The summed E-state index contributed by atoms with van der Waals surface area (Å²) in [6.07, 6.45) is 2.04. The van der Waals surface area contributed by atoms with Crippen LogP contribution >= 0.6 is 11.3 Å². The predicted octanol–water partition coefficient (Wildman–Crippen LogP) is 2.09. The van der Waals surface area contributed by atoms with Gasteiger partial charge in [0.15, 0.2) is 0 Å². The van der Waals surface area contributed by atoms with Gasteiger partial charge in [0.25, 0.3) is 0 Å². The van der Waals surface area contributed by atoms with Crippen LogP contribution in [0.2, 0.25) is 0 Å². The maximum absolute atomic E-state index is 12.4. The summed E-state index contributed by atoms with van der Waals surface area (Å²) in [6, 6.07) is 5.44. The molecule has 0 radical (unpaired) electrons. The number of nitrogens with one attached hydrogen (secondary N) is 2. The number of hydrogen-bond donors (Lipinski definition) is 2. The fourth-order valence-corrected chi connectivity index (χ4v) is 3.68. The lowest BCUT2D eigenvalue weighted by atomic mass is 9.98. The van der Waals surface area contributed by atoms with E-state index in [-0.39, 0.29) is 30.3 Å². The Hall–Kier alpha value is -2.75. The summed E-state index contributed by atoms with van der Waals surface area (Å²) in [6.45, 7) is 9.21. The molecule has 29 heavy (non-hydrogen) atoms. The van der Waals surface area contributed by atoms with Crippen LogP contribution in [-0.4, -0.2) is 64.7 Å². The molecule has 0 bridgehead atoms. The number of hydrogen-bond acceptors (Lipinski definition) is 7. The molecule has 0 aromatic carbocycles. The molecular weight excluding hydrogens is 390 g/mol. The predicted molar refractivity (Wildman–Crippen MR) is 113 cm³/mol. The van der Waals surface area contributed by atoms with Crippen LogP contribution in [-0.2, 0) is 10.2 Å². The highest BCUT2D eigenvalue weighted by atomic mass is 32.1. The summed E-state index contributed by atoms with van der Waals surface area (Å²) in [5, 5.41) is 14.8. The average molecular weight is 418 g/mol. The topological polar surface area (TPSA) is 103 Å². The van der Waals surface area contributed by atoms with Crippen LogP contribution in [0.25, 0.3) is 0 Å². The monoisotopic (exact) mass is 417 g/mol. The summed E-state index contributed by atoms with van der Waals surface area (Å²) in [5.41, 5.74) is -0.110. The molecule has 156 valence electrons. The largest absolute Gasteiger partial charge is 0.353 e. The third-order valence-corrected chi connectivity index (χ3v) is 5.78. The van der Waals surface area contributed by atoms with Crippen LogP contribution in [0.15, 0.2) is 24.4 Å². The molecule has 10 heteroatoms. The normalized spacial score (nSPS) is 14.6. The highest BCUT2D eigenvalue weighted by Crippen LogP contribution is 2.27. The summed E-state index contributed by atoms with van der Waals surface area (Å²) in [7, 11) is 0. The number of amides is 3. The lowest BCUT2D eigenvalue weighted by Gasteiger charge is -2.35. The second-order valence-corrected chi connectivity index (χ2v) is 8.83. The first-order valence-corrected chi connectivity index (χ1v) is 10.5. The van der Waals surface area contributed by atoms with Gasteiger partial charge in [-0.25, -0.2) is 9.78 Å². The van der Waals surface area contributed by atoms with E-state index in [1.54, 1.807) is 6.20 Å². The van der Waals surface area contributed by atoms with Crippen LogP contribution in [0.3, 0.4) is 0 Å². The number of anilines is 2. The molecule has 3 amide bonds. The number of carbonyl (C=O) groups excluding carboxylic acids is 2. The number of piperazine rings is 1. The molecule has 3 heterocycles. The zero-order chi connectivity index (χ0) is 20.9. The molecular formula is C19H27N7O2S. The minimum Gasteiger partial charge on any atom is -0.353 e. The van der Waals surface area contributed by atoms with Gasteiger partial charge in [-0.05, 0) is 12.1 Å². The second kappa shape index (κ2) is 9.17. The first kappa shape index (κ1) is 21.0. The second-order valence-electron chi connectivity index (χ2n) is 7.85. The van der Waals surface area contributed by atoms with E-state index < -0.39 is 0 Å². The van der Waals surface area contributed by atoms with Crippen LogP contribution in [0.1, 0.15) is 32.2 Å². The third-order valence-electron chi connectivity index (χ3n) is 4.52. The Bertz CT molecular complexity index is 827. The number of aromatic nitrogens is 3. The quantitative estimate of drug-likeness (QED) is 0.772. The molecule has 0 spiro atoms. The molecule has 0 saturated carbocycles. The zero-order valence-corrected chi connectivity index (χ0v) is 17.8. The standard InChI is InChI=1S/C19H27N7O2S/c1-19(2,3)16-23-24-18(29-16)22-17(28)21-9-7-15(27)26-12-10-25(11-13-26)14-6-4-5-8-20-14/h4-6,8H,7,9-13H2,1-3H3,(H2,21,22,24,28). The first-order valence-electron chi connectivity index (χ1n) is 9.65. The Morgan fingerprint density at radius 1 is 1.14 bits per heavy atom. The molecule has 1 fully saturated rings. The van der Waals surface area contributed by atoms with E-state index in [1.165, 1.54) is 11.3 Å². The van der Waals surface area contributed by atoms with Gasteiger partial charge >= 0.3 is 6.03 Å². The van der Waals surface area contributed by atoms with Crippen molar-refractivity contribution in [3.05, 3.63) is 29.4 Å². The van der Waals surface area contributed by atoms with Gasteiger partial charge in [-0.2, -0.15) is 0 Å². The van der Waals surface area contributed by atoms with E-state index in [0.717, 1.165) is 23.9 Å². The Kier molecular flexibility index (Phi) is 6.63. The molecule has 1 aliphatic heterocycles. The van der Waals surface area contributed by atoms with E-state index in [4.69, 9.17) is 0 Å². The average Bonchev–Trinajstić information content (AvgIpc) is 3.17. The van der Waals surface area contributed by atoms with Crippen molar-refractivity contribution < 1.29 is 9.59 Å². The van der Waals surface area contributed by atoms with Crippen LogP contribution in [0, 0.1) is 0 Å². The first-order chi connectivity index (χ1) is 13.8. The Morgan fingerprint density at radius 2 is 1.90 bits per heavy atom. The smallest absolute Gasteiger partial charge is 0.321 e. The van der Waals surface area contributed by atoms with Crippen molar-refractivity contribution in [2.75, 3.05) is 42.9 Å². The number of urea groups is 1. The van der Waals surface area contributed by atoms with E-state index in [2.05, 4.69) is 30.7 Å². The van der Waals surface area contributed by atoms with Gasteiger partial charge in [0.1, 0.15) is 10.8 Å². The van der Waals surface area contributed by atoms with Crippen molar-refractivity contribution >= 4 is 34.2 Å². The lowest BCUT2D eigenvalue weighted by Crippen LogP contribution is -2.49. The van der Waals surface area contributed by atoms with Crippen LogP contribution in [0.4, 0.5) is 15.7 Å². The van der Waals surface area contributed by atoms with Crippen LogP contribution < -0.4 is 15.5 Å². The Morgan fingerprint density at radius 3 is 2.52 bits per heavy atom. The number of pyridine rings is 1. The molecule has 0 unspecified atom stereocenters. The third kappa shape index (κ3) is 5.86. The van der Waals surface area contributed by atoms with Crippen molar-refractivity contribution in [1.82, 2.24) is 25.4 Å². The van der Waals surface area contributed by atoms with Gasteiger partial charge in [-0.15, -0.1) is 10.2 Å². The fourth-order valence-electron chi connectivity index (χ4n) is 2.88. The van der Waals surface area contributed by atoms with Crippen molar-refractivity contribution in [2.45, 2.75) is 32.6 Å². The van der Waals surface area contributed by atoms with E-state index in [9.17, 15) is 9.59 Å². The van der Waals surface area contributed by atoms with Crippen molar-refractivity contribution in [1.29, 1.82) is 0 Å². The molecule has 2 aromatic heterocycles. The van der Waals surface area contributed by atoms with Gasteiger partial charge in [0, 0.05) is 50.8 Å². The maximum Gasteiger partial charge on any atom is 0.321 e. The highest BCUT2D eigenvalue weighted by Gasteiger charge is 2.22. The number of rotatable bonds is 5. The van der Waals surface area contributed by atoms with E-state index in [1.807, 2.05) is 43.9 Å². The molecule has 1 aliphatic rings. The van der Waals surface area contributed by atoms with Crippen LogP contribution in [0.5, 0.6) is 0 Å². The molecule has 1 saturated heterocycles. The van der Waals surface area contributed by atoms with Gasteiger partial charge in [-0.3, -0.25) is 10.1 Å². The molecule has 0 aliphatic carbocycles. The van der Waals surface area contributed by atoms with Crippen molar-refractivity contribution in [3.8, 4) is 0 Å². The summed E-state index contributed by atoms with van der Waals surface area (Å²) in [4.78, 5) is 32.8. The summed E-state index contributed by atoms with van der Waals surface area (Å²) < 4.78 is 0. The minimum atomic E-state index is -0.380. The molecule has 0 atom stereocenters. The molecule has 3 rings (SSSR count). The molecule has 2 aromatic rings. The summed E-state index contributed by atoms with van der Waals surface area (Å²) in [5.74, 6) is 0.973. The zero-order valence-electron chi connectivity index (χ0n) is 17.0.